The lowest BCUT2D eigenvalue weighted by Gasteiger charge is -2.47. The Kier molecular flexibility index (Phi) is 8.57. The van der Waals surface area contributed by atoms with Crippen molar-refractivity contribution in [1.29, 1.82) is 0 Å². The topological polar surface area (TPSA) is 68.8 Å². The van der Waals surface area contributed by atoms with Crippen LogP contribution < -0.4 is 21.1 Å². The second kappa shape index (κ2) is 11.9. The van der Waals surface area contributed by atoms with Crippen LogP contribution in [0.15, 0.2) is 40.1 Å². The Morgan fingerprint density at radius 1 is 1.05 bits per heavy atom. The molecular weight excluding hydrogens is 540 g/mol. The summed E-state index contributed by atoms with van der Waals surface area (Å²) in [6.07, 6.45) is 5.32. The lowest BCUT2D eigenvalue weighted by Crippen LogP contribution is -2.58. The highest BCUT2D eigenvalue weighted by atomic mass is 35.5. The summed E-state index contributed by atoms with van der Waals surface area (Å²) in [6.45, 7) is 9.15. The van der Waals surface area contributed by atoms with Crippen molar-refractivity contribution in [2.45, 2.75) is 58.2 Å². The lowest BCUT2D eigenvalue weighted by molar-refractivity contribution is 0.0607. The summed E-state index contributed by atoms with van der Waals surface area (Å²) in [5.74, 6) is 0.498. The van der Waals surface area contributed by atoms with Gasteiger partial charge in [-0.2, -0.15) is 0 Å². The van der Waals surface area contributed by atoms with Crippen LogP contribution in [0.3, 0.4) is 0 Å². The molecule has 0 unspecified atom stereocenters. The molecule has 2 saturated heterocycles. The number of nitrogens with zero attached hydrogens (tertiary/aromatic N) is 4. The van der Waals surface area contributed by atoms with E-state index >= 15 is 0 Å². The Hall–Kier alpha value is -2.52. The fourth-order valence-corrected chi connectivity index (χ4v) is 6.43. The Morgan fingerprint density at radius 2 is 1.82 bits per heavy atom. The molecule has 5 rings (SSSR count). The van der Waals surface area contributed by atoms with E-state index in [0.29, 0.717) is 57.6 Å². The number of anilines is 3. The van der Waals surface area contributed by atoms with Gasteiger partial charge in [-0.05, 0) is 57.0 Å². The zero-order chi connectivity index (χ0) is 27.7. The van der Waals surface area contributed by atoms with Crippen LogP contribution in [0.2, 0.25) is 10.0 Å². The Balaban J connectivity index is 1.18. The van der Waals surface area contributed by atoms with E-state index in [1.54, 1.807) is 24.4 Å². The molecule has 0 radical (unpaired) electrons. The Labute approximate surface area is 238 Å². The van der Waals surface area contributed by atoms with E-state index in [1.165, 1.54) is 6.07 Å². The first-order valence-corrected chi connectivity index (χ1v) is 14.5. The van der Waals surface area contributed by atoms with Gasteiger partial charge in [-0.25, -0.2) is 9.37 Å². The smallest absolute Gasteiger partial charge is 0.249 e. The van der Waals surface area contributed by atoms with Gasteiger partial charge in [-0.3, -0.25) is 19.4 Å². The molecule has 1 aromatic heterocycles. The Morgan fingerprint density at radius 3 is 2.49 bits per heavy atom. The predicted molar refractivity (Wildman–Crippen MR) is 156 cm³/mol. The zero-order valence-electron chi connectivity index (χ0n) is 22.4. The third-order valence-corrected chi connectivity index (χ3v) is 8.70. The fraction of sp³-hybridized carbons (Fsp3) is 0.483. The van der Waals surface area contributed by atoms with Crippen LogP contribution in [0.25, 0.3) is 0 Å². The molecule has 39 heavy (non-hydrogen) atoms. The van der Waals surface area contributed by atoms with E-state index in [2.05, 4.69) is 31.9 Å². The van der Waals surface area contributed by atoms with Gasteiger partial charge >= 0.3 is 0 Å². The highest BCUT2D eigenvalue weighted by Crippen LogP contribution is 2.31. The maximum Gasteiger partial charge on any atom is 0.249 e. The number of hydrogen-bond acceptors (Lipinski definition) is 7. The van der Waals surface area contributed by atoms with E-state index in [9.17, 15) is 14.0 Å². The Bertz CT molecular complexity index is 1400. The maximum atomic E-state index is 14.3. The molecule has 3 aromatic rings. The number of aromatic nitrogens is 1. The van der Waals surface area contributed by atoms with Crippen molar-refractivity contribution >= 4 is 40.4 Å². The van der Waals surface area contributed by atoms with E-state index in [4.69, 9.17) is 23.2 Å². The SMILES string of the molecule is CCc1c(Nc2cnc(N3CCN(C4CCN(Cc5ccc(Cl)cc5F)CC4)[C@@H](CC)C3)c(Cl)c2)c(=O)c1=O. The predicted octanol–water partition coefficient (Wildman–Crippen LogP) is 4.99. The standard InChI is InChI=1S/C29H34Cl2FN5O2/c1-3-21-17-36(29-24(31)14-20(15-33-29)34-26-23(4-2)27(38)28(26)39)11-12-37(21)22-7-9-35(10-8-22)16-18-5-6-19(30)13-25(18)32/h5-6,13-15,21-22,34H,3-4,7-12,16-17H2,1-2H3/t21-/m0/s1. The minimum absolute atomic E-state index is 0.239. The van der Waals surface area contributed by atoms with Crippen LogP contribution in [0.5, 0.6) is 0 Å². The maximum absolute atomic E-state index is 14.3. The number of halogens is 3. The third-order valence-electron chi connectivity index (χ3n) is 8.19. The molecule has 0 aliphatic carbocycles. The molecule has 208 valence electrons. The number of benzene rings is 1. The lowest BCUT2D eigenvalue weighted by atomic mass is 9.97. The first-order valence-electron chi connectivity index (χ1n) is 13.7. The molecule has 0 saturated carbocycles. The van der Waals surface area contributed by atoms with E-state index in [1.807, 2.05) is 6.92 Å². The minimum atomic E-state index is -0.489. The molecule has 2 aliphatic rings. The van der Waals surface area contributed by atoms with Crippen LogP contribution >= 0.6 is 23.2 Å². The zero-order valence-corrected chi connectivity index (χ0v) is 23.9. The van der Waals surface area contributed by atoms with E-state index in [-0.39, 0.29) is 5.82 Å². The summed E-state index contributed by atoms with van der Waals surface area (Å²) in [5, 5.41) is 3.97. The number of pyridine rings is 1. The second-order valence-electron chi connectivity index (χ2n) is 10.5. The molecule has 10 heteroatoms. The van der Waals surface area contributed by atoms with E-state index < -0.39 is 10.9 Å². The van der Waals surface area contributed by atoms with Crippen LogP contribution in [0.1, 0.15) is 44.2 Å². The van der Waals surface area contributed by atoms with Crippen molar-refractivity contribution in [2.75, 3.05) is 42.9 Å². The summed E-state index contributed by atoms with van der Waals surface area (Å²) in [7, 11) is 0. The van der Waals surface area contributed by atoms with Gasteiger partial charge in [0.2, 0.25) is 10.9 Å². The van der Waals surface area contributed by atoms with Gasteiger partial charge in [0.15, 0.2) is 0 Å². The number of piperidine rings is 1. The summed E-state index contributed by atoms with van der Waals surface area (Å²) in [5.41, 5.74) is 1.25. The number of rotatable bonds is 8. The summed E-state index contributed by atoms with van der Waals surface area (Å²) in [4.78, 5) is 35.5. The highest BCUT2D eigenvalue weighted by Gasteiger charge is 2.34. The second-order valence-corrected chi connectivity index (χ2v) is 11.4. The largest absolute Gasteiger partial charge is 0.353 e. The van der Waals surface area contributed by atoms with Gasteiger partial charge < -0.3 is 10.2 Å². The van der Waals surface area contributed by atoms with Crippen LogP contribution in [-0.4, -0.2) is 59.6 Å². The molecule has 0 spiro atoms. The quantitative estimate of drug-likeness (QED) is 0.380. The number of piperazine rings is 1. The first kappa shape index (κ1) is 28.0. The van der Waals surface area contributed by atoms with Gasteiger partial charge in [-0.1, -0.05) is 43.1 Å². The fourth-order valence-electron chi connectivity index (χ4n) is 5.99. The molecular formula is C29H34Cl2FN5O2. The summed E-state index contributed by atoms with van der Waals surface area (Å²) >= 11 is 12.6. The van der Waals surface area contributed by atoms with Crippen molar-refractivity contribution in [3.8, 4) is 0 Å². The summed E-state index contributed by atoms with van der Waals surface area (Å²) < 4.78 is 14.3. The normalized spacial score (nSPS) is 19.6. The first-order chi connectivity index (χ1) is 18.8. The van der Waals surface area contributed by atoms with Crippen LogP contribution in [-0.2, 0) is 13.0 Å². The third kappa shape index (κ3) is 5.85. The van der Waals surface area contributed by atoms with Gasteiger partial charge in [0, 0.05) is 54.4 Å². The number of likely N-dealkylation sites (tertiary alicyclic amines) is 1. The minimum Gasteiger partial charge on any atom is -0.353 e. The average molecular weight is 575 g/mol. The van der Waals surface area contributed by atoms with Gasteiger partial charge in [0.1, 0.15) is 11.6 Å². The molecule has 2 fully saturated rings. The molecule has 1 atom stereocenters. The monoisotopic (exact) mass is 573 g/mol. The van der Waals surface area contributed by atoms with Crippen molar-refractivity contribution in [1.82, 2.24) is 14.8 Å². The molecule has 0 bridgehead atoms. The van der Waals surface area contributed by atoms with Gasteiger partial charge in [0.25, 0.3) is 0 Å². The number of nitrogens with one attached hydrogen (secondary N) is 1. The van der Waals surface area contributed by atoms with E-state index in [0.717, 1.165) is 57.8 Å². The van der Waals surface area contributed by atoms with Crippen molar-refractivity contribution in [2.24, 2.45) is 0 Å². The average Bonchev–Trinajstić information content (AvgIpc) is 2.94. The molecule has 3 heterocycles. The highest BCUT2D eigenvalue weighted by molar-refractivity contribution is 6.33. The molecule has 0 amide bonds. The van der Waals surface area contributed by atoms with Gasteiger partial charge in [0.05, 0.1) is 22.6 Å². The van der Waals surface area contributed by atoms with Crippen molar-refractivity contribution in [3.05, 3.63) is 77.9 Å². The molecule has 2 aliphatic heterocycles. The summed E-state index contributed by atoms with van der Waals surface area (Å²) in [6, 6.07) is 7.58. The molecule has 7 nitrogen and oxygen atoms in total. The van der Waals surface area contributed by atoms with Gasteiger partial charge in [-0.15, -0.1) is 0 Å². The molecule has 1 N–H and O–H groups in total. The van der Waals surface area contributed by atoms with Crippen LogP contribution in [0.4, 0.5) is 21.6 Å². The number of hydrogen-bond donors (Lipinski definition) is 1. The van der Waals surface area contributed by atoms with Crippen molar-refractivity contribution < 1.29 is 4.39 Å². The van der Waals surface area contributed by atoms with Crippen LogP contribution in [0, 0.1) is 5.82 Å². The molecule has 2 aromatic carbocycles. The van der Waals surface area contributed by atoms with Crippen molar-refractivity contribution in [3.63, 3.8) is 0 Å².